The van der Waals surface area contributed by atoms with E-state index in [9.17, 15) is 22.4 Å². The highest BCUT2D eigenvalue weighted by molar-refractivity contribution is 6.03. The first-order valence-corrected chi connectivity index (χ1v) is 9.55. The van der Waals surface area contributed by atoms with E-state index in [0.29, 0.717) is 18.8 Å². The molecular weight excluding hydrogens is 432 g/mol. The van der Waals surface area contributed by atoms with Crippen molar-refractivity contribution in [1.82, 2.24) is 14.9 Å². The smallest absolute Gasteiger partial charge is 0.387 e. The van der Waals surface area contributed by atoms with E-state index in [4.69, 9.17) is 4.74 Å². The first-order valence-electron chi connectivity index (χ1n) is 9.55. The lowest BCUT2D eigenvalue weighted by molar-refractivity contribution is -0.0498. The SMILES string of the molecule is COc1cc(F)c(-n2cc(C3CNC3)nc2NC(=O)c2ccc(OC(F)F)cc2)c(F)c1. The fraction of sp³-hybridized carbons (Fsp3) is 0.238. The normalized spacial score (nSPS) is 13.7. The summed E-state index contributed by atoms with van der Waals surface area (Å²) in [4.78, 5) is 17.0. The summed E-state index contributed by atoms with van der Waals surface area (Å²) in [6, 6.07) is 7.04. The zero-order valence-electron chi connectivity index (χ0n) is 16.7. The van der Waals surface area contributed by atoms with E-state index in [2.05, 4.69) is 20.4 Å². The first kappa shape index (κ1) is 21.6. The van der Waals surface area contributed by atoms with Gasteiger partial charge in [0, 0.05) is 42.9 Å². The van der Waals surface area contributed by atoms with E-state index in [1.54, 1.807) is 0 Å². The summed E-state index contributed by atoms with van der Waals surface area (Å²) in [5, 5.41) is 5.62. The largest absolute Gasteiger partial charge is 0.497 e. The molecule has 0 aliphatic carbocycles. The third-order valence-corrected chi connectivity index (χ3v) is 4.96. The lowest BCUT2D eigenvalue weighted by Crippen LogP contribution is -2.40. The minimum Gasteiger partial charge on any atom is -0.497 e. The number of anilines is 1. The number of carbonyl (C=O) groups is 1. The number of imidazole rings is 1. The molecule has 11 heteroatoms. The molecule has 1 amide bonds. The summed E-state index contributed by atoms with van der Waals surface area (Å²) < 4.78 is 64.3. The number of nitrogens with one attached hydrogen (secondary N) is 2. The number of benzene rings is 2. The summed E-state index contributed by atoms with van der Waals surface area (Å²) in [6.45, 7) is -1.71. The second-order valence-electron chi connectivity index (χ2n) is 7.01. The zero-order valence-corrected chi connectivity index (χ0v) is 16.7. The van der Waals surface area contributed by atoms with Gasteiger partial charge in [-0.2, -0.15) is 8.78 Å². The van der Waals surface area contributed by atoms with Gasteiger partial charge < -0.3 is 14.8 Å². The van der Waals surface area contributed by atoms with Gasteiger partial charge in [-0.15, -0.1) is 0 Å². The van der Waals surface area contributed by atoms with Crippen LogP contribution in [0.4, 0.5) is 23.5 Å². The van der Waals surface area contributed by atoms with Gasteiger partial charge in [0.2, 0.25) is 5.95 Å². The second kappa shape index (κ2) is 8.87. The fourth-order valence-corrected chi connectivity index (χ4v) is 3.20. The van der Waals surface area contributed by atoms with Crippen molar-refractivity contribution in [3.05, 3.63) is 65.5 Å². The molecule has 1 aliphatic heterocycles. The predicted octanol–water partition coefficient (Wildman–Crippen LogP) is 3.70. The molecule has 2 N–H and O–H groups in total. The van der Waals surface area contributed by atoms with E-state index in [-0.39, 0.29) is 28.9 Å². The average Bonchev–Trinajstić information content (AvgIpc) is 3.08. The van der Waals surface area contributed by atoms with Crippen molar-refractivity contribution in [2.75, 3.05) is 25.5 Å². The lowest BCUT2D eigenvalue weighted by Gasteiger charge is -2.24. The number of amides is 1. The van der Waals surface area contributed by atoms with Crippen LogP contribution in [0.15, 0.2) is 42.6 Å². The minimum atomic E-state index is -2.99. The average molecular weight is 450 g/mol. The highest BCUT2D eigenvalue weighted by atomic mass is 19.3. The first-order chi connectivity index (χ1) is 15.4. The summed E-state index contributed by atoms with van der Waals surface area (Å²) in [5.74, 6) is -2.62. The molecule has 1 fully saturated rings. The van der Waals surface area contributed by atoms with Gasteiger partial charge in [-0.1, -0.05) is 0 Å². The van der Waals surface area contributed by atoms with Crippen molar-refractivity contribution in [3.63, 3.8) is 0 Å². The van der Waals surface area contributed by atoms with Gasteiger partial charge >= 0.3 is 6.61 Å². The Hall–Kier alpha value is -3.60. The van der Waals surface area contributed by atoms with E-state index in [0.717, 1.165) is 16.7 Å². The van der Waals surface area contributed by atoms with Gasteiger partial charge in [-0.25, -0.2) is 13.8 Å². The number of halogens is 4. The Labute approximate surface area is 180 Å². The predicted molar refractivity (Wildman–Crippen MR) is 107 cm³/mol. The molecule has 7 nitrogen and oxygen atoms in total. The van der Waals surface area contributed by atoms with Crippen LogP contribution in [0, 0.1) is 11.6 Å². The maximum Gasteiger partial charge on any atom is 0.387 e. The molecule has 0 spiro atoms. The molecule has 1 saturated heterocycles. The number of methoxy groups -OCH3 is 1. The Morgan fingerprint density at radius 2 is 1.81 bits per heavy atom. The molecule has 0 radical (unpaired) electrons. The molecule has 4 rings (SSSR count). The van der Waals surface area contributed by atoms with Gasteiger partial charge in [0.25, 0.3) is 5.91 Å². The molecule has 2 aromatic carbocycles. The molecule has 0 bridgehead atoms. The third kappa shape index (κ3) is 4.37. The second-order valence-corrected chi connectivity index (χ2v) is 7.01. The van der Waals surface area contributed by atoms with E-state index >= 15 is 0 Å². The van der Waals surface area contributed by atoms with Gasteiger partial charge in [0.1, 0.15) is 17.2 Å². The maximum absolute atomic E-state index is 14.7. The van der Waals surface area contributed by atoms with Crippen molar-refractivity contribution in [3.8, 4) is 17.2 Å². The van der Waals surface area contributed by atoms with Crippen LogP contribution in [0.5, 0.6) is 11.5 Å². The van der Waals surface area contributed by atoms with Crippen molar-refractivity contribution >= 4 is 11.9 Å². The Kier molecular flexibility index (Phi) is 5.99. The van der Waals surface area contributed by atoms with Crippen molar-refractivity contribution in [1.29, 1.82) is 0 Å². The van der Waals surface area contributed by atoms with E-state index in [1.165, 1.54) is 37.6 Å². The number of nitrogens with zero attached hydrogens (tertiary/aromatic N) is 2. The summed E-state index contributed by atoms with van der Waals surface area (Å²) >= 11 is 0. The number of ether oxygens (including phenoxy) is 2. The molecular formula is C21H18F4N4O3. The van der Waals surface area contributed by atoms with Crippen LogP contribution in [0.2, 0.25) is 0 Å². The standard InChI is InChI=1S/C21H18F4N4O3/c1-31-14-6-15(22)18(16(23)7-14)29-10-17(12-8-26-9-12)27-21(29)28-19(30)11-2-4-13(5-3-11)32-20(24)25/h2-7,10,12,20,26H,8-9H2,1H3,(H,27,28,30). The highest BCUT2D eigenvalue weighted by Gasteiger charge is 2.26. The fourth-order valence-electron chi connectivity index (χ4n) is 3.20. The van der Waals surface area contributed by atoms with E-state index < -0.39 is 29.8 Å². The van der Waals surface area contributed by atoms with E-state index in [1.807, 2.05) is 0 Å². The highest BCUT2D eigenvalue weighted by Crippen LogP contribution is 2.30. The molecule has 1 aliphatic rings. The van der Waals surface area contributed by atoms with Crippen molar-refractivity contribution in [2.24, 2.45) is 0 Å². The van der Waals surface area contributed by atoms with Gasteiger partial charge in [-0.05, 0) is 24.3 Å². The number of aromatic nitrogens is 2. The van der Waals surface area contributed by atoms with Crippen LogP contribution in [-0.4, -0.2) is 42.3 Å². The number of hydrogen-bond donors (Lipinski definition) is 2. The summed E-state index contributed by atoms with van der Waals surface area (Å²) in [5.41, 5.74) is 0.242. The zero-order chi connectivity index (χ0) is 22.8. The minimum absolute atomic E-state index is 0.00368. The maximum atomic E-state index is 14.7. The molecule has 2 heterocycles. The van der Waals surface area contributed by atoms with Crippen LogP contribution in [0.3, 0.4) is 0 Å². The van der Waals surface area contributed by atoms with Crippen LogP contribution in [0.1, 0.15) is 22.0 Å². The number of alkyl halides is 2. The molecule has 168 valence electrons. The Balaban J connectivity index is 1.66. The summed E-state index contributed by atoms with van der Waals surface area (Å²) in [6.07, 6.45) is 1.47. The van der Waals surface area contributed by atoms with Gasteiger partial charge in [-0.3, -0.25) is 14.7 Å². The Morgan fingerprint density at radius 3 is 2.34 bits per heavy atom. The molecule has 0 saturated carbocycles. The third-order valence-electron chi connectivity index (χ3n) is 4.96. The summed E-state index contributed by atoms with van der Waals surface area (Å²) in [7, 11) is 1.29. The van der Waals surface area contributed by atoms with Crippen LogP contribution < -0.4 is 20.1 Å². The van der Waals surface area contributed by atoms with Crippen molar-refractivity contribution in [2.45, 2.75) is 12.5 Å². The van der Waals surface area contributed by atoms with Crippen molar-refractivity contribution < 1.29 is 31.8 Å². The Morgan fingerprint density at radius 1 is 1.16 bits per heavy atom. The van der Waals surface area contributed by atoms with Gasteiger partial charge in [0.15, 0.2) is 11.6 Å². The number of hydrogen-bond acceptors (Lipinski definition) is 5. The topological polar surface area (TPSA) is 77.4 Å². The molecule has 3 aromatic rings. The van der Waals surface area contributed by atoms with Crippen LogP contribution >= 0.6 is 0 Å². The number of rotatable bonds is 7. The molecule has 1 aromatic heterocycles. The molecule has 0 atom stereocenters. The number of carbonyl (C=O) groups excluding carboxylic acids is 1. The van der Waals surface area contributed by atoms with Crippen LogP contribution in [-0.2, 0) is 0 Å². The van der Waals surface area contributed by atoms with Crippen LogP contribution in [0.25, 0.3) is 5.69 Å². The Bertz CT molecular complexity index is 1110. The monoisotopic (exact) mass is 450 g/mol. The van der Waals surface area contributed by atoms with Gasteiger partial charge in [0.05, 0.1) is 12.8 Å². The quantitative estimate of drug-likeness (QED) is 0.537. The molecule has 32 heavy (non-hydrogen) atoms. The lowest BCUT2D eigenvalue weighted by atomic mass is 10.0. The molecule has 0 unspecified atom stereocenters.